The van der Waals surface area contributed by atoms with Crippen LogP contribution in [0.3, 0.4) is 0 Å². The quantitative estimate of drug-likeness (QED) is 0.414. The van der Waals surface area contributed by atoms with E-state index in [-0.39, 0.29) is 43.4 Å². The summed E-state index contributed by atoms with van der Waals surface area (Å²) in [4.78, 5) is 41.9. The van der Waals surface area contributed by atoms with Crippen molar-refractivity contribution in [2.24, 2.45) is 5.92 Å². The SMILES string of the molecule is CCCCN1CC(C(=O)N[C@@H](Cc2cc(F)cc(F)c2)[C@H](O)[C@@H]2NCN(Cc3ccccc3)C2=O)CC1=O. The highest BCUT2D eigenvalue weighted by atomic mass is 19.1. The second-order valence-corrected chi connectivity index (χ2v) is 10.0. The van der Waals surface area contributed by atoms with Gasteiger partial charge in [0, 0.05) is 32.1 Å². The van der Waals surface area contributed by atoms with Gasteiger partial charge >= 0.3 is 0 Å². The van der Waals surface area contributed by atoms with Crippen molar-refractivity contribution in [3.63, 3.8) is 0 Å². The number of nitrogens with zero attached hydrogens (tertiary/aromatic N) is 2. The van der Waals surface area contributed by atoms with E-state index >= 15 is 0 Å². The fraction of sp³-hybridized carbons (Fsp3) is 0.464. The van der Waals surface area contributed by atoms with E-state index in [1.54, 1.807) is 9.80 Å². The minimum atomic E-state index is -1.38. The Kier molecular flexibility index (Phi) is 9.06. The van der Waals surface area contributed by atoms with Gasteiger partial charge in [-0.3, -0.25) is 19.7 Å². The van der Waals surface area contributed by atoms with Crippen LogP contribution in [-0.2, 0) is 27.3 Å². The maximum atomic E-state index is 13.9. The Labute approximate surface area is 221 Å². The van der Waals surface area contributed by atoms with Crippen molar-refractivity contribution in [3.05, 3.63) is 71.3 Å². The number of unbranched alkanes of at least 4 members (excludes halogenated alkanes) is 1. The van der Waals surface area contributed by atoms with Crippen molar-refractivity contribution < 1.29 is 28.3 Å². The summed E-state index contributed by atoms with van der Waals surface area (Å²) in [7, 11) is 0. The van der Waals surface area contributed by atoms with Crippen LogP contribution in [0.4, 0.5) is 8.78 Å². The standard InChI is InChI=1S/C28H34F2N4O4/c1-2-3-9-33-16-20(13-24(33)35)27(37)32-23(12-19-10-21(29)14-22(30)11-19)26(36)25-28(38)34(17-31-25)15-18-7-5-4-6-8-18/h4-8,10-11,14,20,23,25-26,31,36H,2-3,9,12-13,15-17H2,1H3,(H,32,37)/t20?,23-,25-,26-/m0/s1. The summed E-state index contributed by atoms with van der Waals surface area (Å²) in [5, 5.41) is 17.1. The van der Waals surface area contributed by atoms with Crippen molar-refractivity contribution in [3.8, 4) is 0 Å². The van der Waals surface area contributed by atoms with Crippen molar-refractivity contribution in [1.82, 2.24) is 20.4 Å². The van der Waals surface area contributed by atoms with E-state index in [9.17, 15) is 28.3 Å². The van der Waals surface area contributed by atoms with Gasteiger partial charge in [-0.05, 0) is 36.1 Å². The van der Waals surface area contributed by atoms with Crippen LogP contribution in [0, 0.1) is 17.6 Å². The number of hydrogen-bond acceptors (Lipinski definition) is 5. The zero-order valence-corrected chi connectivity index (χ0v) is 21.4. The second kappa shape index (κ2) is 12.4. The Morgan fingerprint density at radius 2 is 1.82 bits per heavy atom. The highest BCUT2D eigenvalue weighted by Gasteiger charge is 2.42. The molecule has 0 aromatic heterocycles. The molecule has 2 aliphatic rings. The molecule has 0 spiro atoms. The first-order chi connectivity index (χ1) is 18.2. The summed E-state index contributed by atoms with van der Waals surface area (Å²) < 4.78 is 27.8. The third kappa shape index (κ3) is 6.73. The molecule has 8 nitrogen and oxygen atoms in total. The molecule has 4 rings (SSSR count). The molecule has 0 aliphatic carbocycles. The van der Waals surface area contributed by atoms with Crippen molar-refractivity contribution >= 4 is 17.7 Å². The maximum absolute atomic E-state index is 13.9. The molecular weight excluding hydrogens is 494 g/mol. The van der Waals surface area contributed by atoms with E-state index in [0.29, 0.717) is 13.1 Å². The summed E-state index contributed by atoms with van der Waals surface area (Å²) in [6, 6.07) is 10.4. The van der Waals surface area contributed by atoms with Gasteiger partial charge in [-0.2, -0.15) is 0 Å². The van der Waals surface area contributed by atoms with Crippen LogP contribution in [0.1, 0.15) is 37.3 Å². The zero-order chi connectivity index (χ0) is 27.2. The van der Waals surface area contributed by atoms with Gasteiger partial charge in [0.15, 0.2) is 0 Å². The van der Waals surface area contributed by atoms with E-state index in [1.165, 1.54) is 0 Å². The molecule has 2 aromatic rings. The Bertz CT molecular complexity index is 1130. The molecule has 2 saturated heterocycles. The minimum Gasteiger partial charge on any atom is -0.389 e. The lowest BCUT2D eigenvalue weighted by atomic mass is 9.95. The number of aliphatic hydroxyl groups excluding tert-OH is 1. The first kappa shape index (κ1) is 27.7. The zero-order valence-electron chi connectivity index (χ0n) is 21.4. The van der Waals surface area contributed by atoms with Crippen LogP contribution in [0.2, 0.25) is 0 Å². The fourth-order valence-electron chi connectivity index (χ4n) is 5.06. The van der Waals surface area contributed by atoms with Crippen LogP contribution < -0.4 is 10.6 Å². The fourth-order valence-corrected chi connectivity index (χ4v) is 5.06. The lowest BCUT2D eigenvalue weighted by Gasteiger charge is -2.29. The summed E-state index contributed by atoms with van der Waals surface area (Å²) in [6.45, 7) is 3.42. The predicted octanol–water partition coefficient (Wildman–Crippen LogP) is 1.96. The summed E-state index contributed by atoms with van der Waals surface area (Å²) in [5.74, 6) is -3.06. The van der Waals surface area contributed by atoms with Crippen molar-refractivity contribution in [2.45, 2.75) is 57.3 Å². The van der Waals surface area contributed by atoms with Crippen molar-refractivity contribution in [1.29, 1.82) is 0 Å². The molecule has 3 N–H and O–H groups in total. The number of nitrogens with one attached hydrogen (secondary N) is 2. The van der Waals surface area contributed by atoms with E-state index in [2.05, 4.69) is 10.6 Å². The van der Waals surface area contributed by atoms with Gasteiger partial charge in [0.25, 0.3) is 0 Å². The molecule has 0 bridgehead atoms. The normalized spacial score (nSPS) is 21.2. The highest BCUT2D eigenvalue weighted by molar-refractivity contribution is 5.89. The molecule has 3 amide bonds. The van der Waals surface area contributed by atoms with Crippen LogP contribution >= 0.6 is 0 Å². The first-order valence-corrected chi connectivity index (χ1v) is 13.0. The molecule has 204 valence electrons. The average Bonchev–Trinajstić information content (AvgIpc) is 3.44. The van der Waals surface area contributed by atoms with Gasteiger partial charge in [-0.1, -0.05) is 43.7 Å². The molecule has 2 heterocycles. The monoisotopic (exact) mass is 528 g/mol. The average molecular weight is 529 g/mol. The van der Waals surface area contributed by atoms with Gasteiger partial charge in [0.1, 0.15) is 17.7 Å². The molecule has 38 heavy (non-hydrogen) atoms. The number of benzene rings is 2. The third-order valence-corrected chi connectivity index (χ3v) is 7.12. The lowest BCUT2D eigenvalue weighted by molar-refractivity contribution is -0.133. The number of rotatable bonds is 11. The molecule has 2 fully saturated rings. The largest absolute Gasteiger partial charge is 0.389 e. The van der Waals surface area contributed by atoms with Gasteiger partial charge in [-0.25, -0.2) is 8.78 Å². The number of amides is 3. The number of carbonyl (C=O) groups excluding carboxylic acids is 3. The van der Waals surface area contributed by atoms with Crippen LogP contribution in [-0.4, -0.2) is 70.6 Å². The topological polar surface area (TPSA) is 102 Å². The smallest absolute Gasteiger partial charge is 0.243 e. The number of likely N-dealkylation sites (tertiary alicyclic amines) is 1. The van der Waals surface area contributed by atoms with Gasteiger partial charge in [0.05, 0.1) is 24.7 Å². The van der Waals surface area contributed by atoms with Crippen LogP contribution in [0.15, 0.2) is 48.5 Å². The second-order valence-electron chi connectivity index (χ2n) is 10.0. The Morgan fingerprint density at radius 1 is 1.11 bits per heavy atom. The Hall–Kier alpha value is -3.37. The Balaban J connectivity index is 1.48. The molecule has 0 radical (unpaired) electrons. The van der Waals surface area contributed by atoms with Crippen LogP contribution in [0.5, 0.6) is 0 Å². The third-order valence-electron chi connectivity index (χ3n) is 7.12. The molecule has 0 saturated carbocycles. The first-order valence-electron chi connectivity index (χ1n) is 13.0. The number of carbonyl (C=O) groups is 3. The highest BCUT2D eigenvalue weighted by Crippen LogP contribution is 2.21. The molecule has 2 aliphatic heterocycles. The summed E-state index contributed by atoms with van der Waals surface area (Å²) in [5.41, 5.74) is 1.15. The molecule has 2 aromatic carbocycles. The van der Waals surface area contributed by atoms with E-state index < -0.39 is 41.6 Å². The van der Waals surface area contributed by atoms with E-state index in [4.69, 9.17) is 0 Å². The molecule has 4 atom stereocenters. The number of aliphatic hydroxyl groups is 1. The number of hydrogen-bond donors (Lipinski definition) is 3. The van der Waals surface area contributed by atoms with E-state index in [0.717, 1.165) is 36.6 Å². The summed E-state index contributed by atoms with van der Waals surface area (Å²) >= 11 is 0. The number of halogens is 2. The maximum Gasteiger partial charge on any atom is 0.243 e. The molecular formula is C28H34F2N4O4. The molecule has 1 unspecified atom stereocenters. The minimum absolute atomic E-state index is 0.0540. The predicted molar refractivity (Wildman–Crippen MR) is 136 cm³/mol. The van der Waals surface area contributed by atoms with Crippen LogP contribution in [0.25, 0.3) is 0 Å². The van der Waals surface area contributed by atoms with Gasteiger partial charge in [-0.15, -0.1) is 0 Å². The van der Waals surface area contributed by atoms with Gasteiger partial charge in [0.2, 0.25) is 17.7 Å². The lowest BCUT2D eigenvalue weighted by Crippen LogP contribution is -2.55. The molecule has 10 heteroatoms. The van der Waals surface area contributed by atoms with E-state index in [1.807, 2.05) is 37.3 Å². The van der Waals surface area contributed by atoms with Crippen molar-refractivity contribution in [2.75, 3.05) is 19.8 Å². The Morgan fingerprint density at radius 3 is 2.50 bits per heavy atom. The van der Waals surface area contributed by atoms with Gasteiger partial charge < -0.3 is 20.2 Å². The summed E-state index contributed by atoms with van der Waals surface area (Å²) in [6.07, 6.45) is 0.321.